The number of amides is 1. The molecule has 0 aromatic carbocycles. The number of carboxylic acids is 1. The molecule has 1 rings (SSSR count). The molecule has 9 N–H and O–H groups in total. The molecule has 12 heteroatoms. The number of carboxylic acid groups (broad SMARTS) is 1. The van der Waals surface area contributed by atoms with Crippen molar-refractivity contribution in [2.24, 2.45) is 17.6 Å². The Morgan fingerprint density at radius 2 is 1.24 bits per heavy atom. The van der Waals surface area contributed by atoms with Gasteiger partial charge in [-0.15, -0.1) is 0 Å². The van der Waals surface area contributed by atoms with Crippen LogP contribution in [0.2, 0.25) is 0 Å². The van der Waals surface area contributed by atoms with Crippen molar-refractivity contribution in [3.63, 3.8) is 0 Å². The van der Waals surface area contributed by atoms with Crippen molar-refractivity contribution in [2.45, 2.75) is 198 Å². The lowest BCUT2D eigenvalue weighted by atomic mass is 9.92. The Morgan fingerprint density at radius 1 is 0.765 bits per heavy atom. The summed E-state index contributed by atoms with van der Waals surface area (Å²) in [6.07, 6.45) is 13.4. The van der Waals surface area contributed by atoms with E-state index in [0.29, 0.717) is 12.8 Å². The summed E-state index contributed by atoms with van der Waals surface area (Å²) in [6.45, 7) is 7.93. The minimum absolute atomic E-state index is 0.223. The number of hydrogen-bond donors (Lipinski definition) is 8. The lowest BCUT2D eigenvalue weighted by molar-refractivity contribution is -0.348. The van der Waals surface area contributed by atoms with Crippen molar-refractivity contribution in [1.82, 2.24) is 5.32 Å². The summed E-state index contributed by atoms with van der Waals surface area (Å²) in [7, 11) is 0. The van der Waals surface area contributed by atoms with Crippen LogP contribution in [0.1, 0.15) is 150 Å². The second-order valence-corrected chi connectivity index (χ2v) is 15.4. The van der Waals surface area contributed by atoms with Gasteiger partial charge >= 0.3 is 5.97 Å². The van der Waals surface area contributed by atoms with Crippen molar-refractivity contribution in [3.05, 3.63) is 12.2 Å². The Labute approximate surface area is 307 Å². The van der Waals surface area contributed by atoms with Crippen LogP contribution in [0.15, 0.2) is 12.2 Å². The number of hydrogen-bond acceptors (Lipinski definition) is 10. The molecule has 300 valence electrons. The van der Waals surface area contributed by atoms with E-state index in [4.69, 9.17) is 15.2 Å². The van der Waals surface area contributed by atoms with Gasteiger partial charge in [0.25, 0.3) is 5.79 Å². The van der Waals surface area contributed by atoms with Gasteiger partial charge < -0.3 is 51.2 Å². The molecule has 0 unspecified atom stereocenters. The highest BCUT2D eigenvalue weighted by Crippen LogP contribution is 2.32. The maximum Gasteiger partial charge on any atom is 0.367 e. The second kappa shape index (κ2) is 27.0. The van der Waals surface area contributed by atoms with E-state index in [-0.39, 0.29) is 13.0 Å². The van der Waals surface area contributed by atoms with Gasteiger partial charge in [-0.2, -0.15) is 0 Å². The molecule has 1 heterocycles. The fourth-order valence-corrected chi connectivity index (χ4v) is 6.41. The molecule has 8 atom stereocenters. The molecule has 1 fully saturated rings. The van der Waals surface area contributed by atoms with Crippen molar-refractivity contribution >= 4 is 11.9 Å². The van der Waals surface area contributed by atoms with Crippen LogP contribution in [0.3, 0.4) is 0 Å². The topological polar surface area (TPSA) is 212 Å². The van der Waals surface area contributed by atoms with E-state index in [1.54, 1.807) is 6.08 Å². The highest BCUT2D eigenvalue weighted by atomic mass is 16.7. The lowest BCUT2D eigenvalue weighted by Crippen LogP contribution is -2.70. The molecule has 0 aromatic heterocycles. The molecule has 0 spiro atoms. The minimum Gasteiger partial charge on any atom is -0.477 e. The number of aliphatic hydroxyl groups is 5. The van der Waals surface area contributed by atoms with Gasteiger partial charge in [-0.1, -0.05) is 143 Å². The standard InChI is InChI=1S/C39H74N2O10/c1-28(2)22-18-14-10-6-5-7-12-16-20-24-31(42)30(27-50-39(38(48)49)36(46)35(45)34(44)33(26-40)51-39)41-37(47)32(43)25-21-17-13-9-8-11-15-19-23-29(3)4/h20,24,28-36,42-46H,5-19,21-23,25-27,40H2,1-4H3,(H,41,47)(H,48,49)/b24-20+/t30-,31-,32-,33-,34-,35+,36+,39-/m1/s1. The summed E-state index contributed by atoms with van der Waals surface area (Å²) in [6, 6.07) is -1.24. The molecule has 0 aliphatic carbocycles. The number of rotatable bonds is 30. The maximum atomic E-state index is 13.0. The summed E-state index contributed by atoms with van der Waals surface area (Å²) >= 11 is 0. The third kappa shape index (κ3) is 18.8. The summed E-state index contributed by atoms with van der Waals surface area (Å²) in [5, 5.41) is 65.5. The molecule has 51 heavy (non-hydrogen) atoms. The average Bonchev–Trinajstić information content (AvgIpc) is 3.08. The Kier molecular flexibility index (Phi) is 25.1. The van der Waals surface area contributed by atoms with E-state index in [0.717, 1.165) is 50.4 Å². The molecular formula is C39H74N2O10. The number of nitrogens with one attached hydrogen (secondary N) is 1. The Hall–Kier alpha value is -1.64. The Morgan fingerprint density at radius 3 is 1.71 bits per heavy atom. The molecule has 0 saturated carbocycles. The SMILES string of the molecule is CC(C)CCCCCCCCC/C=C/[C@@H](O)[C@@H](CO[C@@]1(C(=O)O)O[C@H](CN)[C@@H](O)[C@H](O)[C@@H]1O)NC(=O)[C@H](O)CCCCCCCCCCC(C)C. The van der Waals surface area contributed by atoms with Crippen LogP contribution in [0.25, 0.3) is 0 Å². The molecule has 12 nitrogen and oxygen atoms in total. The van der Waals surface area contributed by atoms with Crippen LogP contribution >= 0.6 is 0 Å². The van der Waals surface area contributed by atoms with Gasteiger partial charge in [0.2, 0.25) is 5.91 Å². The predicted molar refractivity (Wildman–Crippen MR) is 199 cm³/mol. The highest BCUT2D eigenvalue weighted by molar-refractivity contribution is 5.81. The largest absolute Gasteiger partial charge is 0.477 e. The number of carbonyl (C=O) groups excluding carboxylic acids is 1. The van der Waals surface area contributed by atoms with Gasteiger partial charge in [-0.25, -0.2) is 4.79 Å². The zero-order chi connectivity index (χ0) is 38.2. The molecule has 1 aliphatic heterocycles. The number of allylic oxidation sites excluding steroid dienone is 1. The van der Waals surface area contributed by atoms with Crippen molar-refractivity contribution in [1.29, 1.82) is 0 Å². The number of unbranched alkanes of at least 4 members (excludes halogenated alkanes) is 14. The van der Waals surface area contributed by atoms with Crippen LogP contribution in [0.4, 0.5) is 0 Å². The van der Waals surface area contributed by atoms with Crippen LogP contribution in [0, 0.1) is 11.8 Å². The zero-order valence-electron chi connectivity index (χ0n) is 32.1. The smallest absolute Gasteiger partial charge is 0.367 e. The first-order valence-corrected chi connectivity index (χ1v) is 19.9. The van der Waals surface area contributed by atoms with E-state index in [9.17, 15) is 40.2 Å². The third-order valence-electron chi connectivity index (χ3n) is 9.81. The average molecular weight is 731 g/mol. The molecular weight excluding hydrogens is 656 g/mol. The van der Waals surface area contributed by atoms with Crippen LogP contribution in [-0.2, 0) is 19.1 Å². The van der Waals surface area contributed by atoms with Gasteiger partial charge in [-0.05, 0) is 31.1 Å². The first kappa shape index (κ1) is 47.4. The number of carbonyl (C=O) groups is 2. The summed E-state index contributed by atoms with van der Waals surface area (Å²) in [4.78, 5) is 25.4. The number of ether oxygens (including phenoxy) is 2. The summed E-state index contributed by atoms with van der Waals surface area (Å²) in [5.41, 5.74) is 5.60. The van der Waals surface area contributed by atoms with Gasteiger partial charge in [0.1, 0.15) is 30.5 Å². The van der Waals surface area contributed by atoms with E-state index < -0.39 is 66.9 Å². The minimum atomic E-state index is -2.84. The fourth-order valence-electron chi connectivity index (χ4n) is 6.41. The maximum absolute atomic E-state index is 13.0. The first-order valence-electron chi connectivity index (χ1n) is 19.9. The first-order chi connectivity index (χ1) is 24.3. The fraction of sp³-hybridized carbons (Fsp3) is 0.897. The molecule has 0 radical (unpaired) electrons. The van der Waals surface area contributed by atoms with E-state index >= 15 is 0 Å². The lowest BCUT2D eigenvalue weighted by Gasteiger charge is -2.46. The van der Waals surface area contributed by atoms with Gasteiger partial charge in [-0.3, -0.25) is 4.79 Å². The van der Waals surface area contributed by atoms with Crippen LogP contribution < -0.4 is 11.1 Å². The molecule has 0 aromatic rings. The summed E-state index contributed by atoms with van der Waals surface area (Å²) < 4.78 is 10.9. The third-order valence-corrected chi connectivity index (χ3v) is 9.81. The van der Waals surface area contributed by atoms with E-state index in [1.165, 1.54) is 70.3 Å². The second-order valence-electron chi connectivity index (χ2n) is 15.4. The van der Waals surface area contributed by atoms with E-state index in [1.807, 2.05) is 0 Å². The number of nitrogens with two attached hydrogens (primary N) is 1. The Bertz CT molecular complexity index is 949. The monoisotopic (exact) mass is 731 g/mol. The normalized spacial score (nSPS) is 24.3. The van der Waals surface area contributed by atoms with Gasteiger partial charge in [0, 0.05) is 6.54 Å². The molecule has 1 saturated heterocycles. The van der Waals surface area contributed by atoms with Gasteiger partial charge in [0.15, 0.2) is 0 Å². The van der Waals surface area contributed by atoms with E-state index in [2.05, 4.69) is 33.0 Å². The summed E-state index contributed by atoms with van der Waals surface area (Å²) in [5.74, 6) is -3.89. The molecule has 1 amide bonds. The van der Waals surface area contributed by atoms with Crippen molar-refractivity contribution in [3.8, 4) is 0 Å². The zero-order valence-corrected chi connectivity index (χ0v) is 32.1. The predicted octanol–water partition coefficient (Wildman–Crippen LogP) is 4.71. The molecule has 0 bridgehead atoms. The van der Waals surface area contributed by atoms with Crippen LogP contribution in [-0.4, -0.2) is 104 Å². The Balaban J connectivity index is 2.75. The van der Waals surface area contributed by atoms with Crippen molar-refractivity contribution < 1.29 is 49.7 Å². The molecule has 1 aliphatic rings. The number of aliphatic carboxylic acids is 1. The highest BCUT2D eigenvalue weighted by Gasteiger charge is 2.59. The van der Waals surface area contributed by atoms with Crippen LogP contribution in [0.5, 0.6) is 0 Å². The number of aliphatic hydroxyl groups excluding tert-OH is 5. The van der Waals surface area contributed by atoms with Gasteiger partial charge in [0.05, 0.1) is 18.8 Å². The quantitative estimate of drug-likeness (QED) is 0.0375. The van der Waals surface area contributed by atoms with Crippen molar-refractivity contribution in [2.75, 3.05) is 13.2 Å².